The lowest BCUT2D eigenvalue weighted by atomic mass is 10.0. The van der Waals surface area contributed by atoms with Gasteiger partial charge in [-0.25, -0.2) is 4.98 Å². The number of hydrogen-bond donors (Lipinski definition) is 2. The number of furan rings is 1. The third-order valence-corrected chi connectivity index (χ3v) is 5.38. The number of rotatable bonds is 5. The van der Waals surface area contributed by atoms with Crippen LogP contribution in [-0.2, 0) is 29.1 Å². The molecule has 0 unspecified atom stereocenters. The number of nitrogens with one attached hydrogen (secondary N) is 1. The first-order valence-corrected chi connectivity index (χ1v) is 9.87. The molecule has 2 aromatic heterocycles. The van der Waals surface area contributed by atoms with Gasteiger partial charge in [0, 0.05) is 43.2 Å². The van der Waals surface area contributed by atoms with Gasteiger partial charge in [-0.2, -0.15) is 0 Å². The average molecular weight is 404 g/mol. The number of nitrogens with zero attached hydrogens (tertiary/aromatic N) is 2. The fraction of sp³-hybridized carbons (Fsp3) is 0.261. The van der Waals surface area contributed by atoms with Crippen LogP contribution in [0.4, 0.5) is 5.82 Å². The topological polar surface area (TPSA) is 101 Å². The van der Waals surface area contributed by atoms with Crippen LogP contribution in [0.2, 0.25) is 0 Å². The highest BCUT2D eigenvalue weighted by molar-refractivity contribution is 5.94. The first-order chi connectivity index (χ1) is 14.4. The molecule has 0 radical (unpaired) electrons. The Labute approximate surface area is 174 Å². The molecule has 7 heteroatoms. The summed E-state index contributed by atoms with van der Waals surface area (Å²) in [4.78, 5) is 29.9. The van der Waals surface area contributed by atoms with Crippen molar-refractivity contribution in [1.29, 1.82) is 0 Å². The first kappa shape index (κ1) is 19.8. The largest absolute Gasteiger partial charge is 0.459 e. The van der Waals surface area contributed by atoms with E-state index in [1.54, 1.807) is 24.2 Å². The van der Waals surface area contributed by atoms with Gasteiger partial charge in [0.05, 0.1) is 6.54 Å². The van der Waals surface area contributed by atoms with E-state index in [-0.39, 0.29) is 11.8 Å². The van der Waals surface area contributed by atoms with Crippen molar-refractivity contribution >= 4 is 34.7 Å². The predicted octanol–water partition coefficient (Wildman–Crippen LogP) is 3.15. The molecule has 7 nitrogen and oxygen atoms in total. The summed E-state index contributed by atoms with van der Waals surface area (Å²) in [7, 11) is 1.74. The molecule has 3 aromatic rings. The number of hydrogen-bond acceptors (Lipinski definition) is 5. The highest BCUT2D eigenvalue weighted by atomic mass is 16.3. The molecule has 0 aliphatic carbocycles. The van der Waals surface area contributed by atoms with Gasteiger partial charge in [-0.3, -0.25) is 9.59 Å². The van der Waals surface area contributed by atoms with Gasteiger partial charge in [0.2, 0.25) is 11.8 Å². The minimum atomic E-state index is -0.136. The van der Waals surface area contributed by atoms with Crippen LogP contribution < -0.4 is 11.1 Å². The van der Waals surface area contributed by atoms with Crippen molar-refractivity contribution in [3.05, 3.63) is 64.6 Å². The standard InChI is InChI=1S/C23H24N4O3/c1-14-18-6-3-15(11-24)10-19(18)30-20(14)13-27(2)22(29)8-4-16-9-17-5-7-21(28)26-23(17)25-12-16/h3-4,6,8-10,12H,5,7,11,13,24H2,1-2H3,(H,25,26,28)/b8-4+. The zero-order valence-corrected chi connectivity index (χ0v) is 17.1. The molecule has 30 heavy (non-hydrogen) atoms. The number of benzene rings is 1. The summed E-state index contributed by atoms with van der Waals surface area (Å²) in [6.45, 7) is 2.82. The number of nitrogens with two attached hydrogens (primary N) is 1. The number of carbonyl (C=O) groups excluding carboxylic acids is 2. The Morgan fingerprint density at radius 3 is 2.97 bits per heavy atom. The lowest BCUT2D eigenvalue weighted by Gasteiger charge is -2.16. The molecule has 4 rings (SSSR count). The van der Waals surface area contributed by atoms with Gasteiger partial charge in [0.1, 0.15) is 17.2 Å². The second-order valence-corrected chi connectivity index (χ2v) is 7.54. The highest BCUT2D eigenvalue weighted by Gasteiger charge is 2.17. The van der Waals surface area contributed by atoms with Crippen molar-refractivity contribution in [3.8, 4) is 0 Å². The number of amides is 2. The molecule has 0 saturated carbocycles. The van der Waals surface area contributed by atoms with Gasteiger partial charge >= 0.3 is 0 Å². The van der Waals surface area contributed by atoms with Crippen LogP contribution in [0.3, 0.4) is 0 Å². The van der Waals surface area contributed by atoms with Gasteiger partial charge in [-0.15, -0.1) is 0 Å². The van der Waals surface area contributed by atoms with Crippen molar-refractivity contribution < 1.29 is 14.0 Å². The Bertz CT molecular complexity index is 1160. The maximum atomic E-state index is 12.6. The number of pyridine rings is 1. The first-order valence-electron chi connectivity index (χ1n) is 9.87. The maximum absolute atomic E-state index is 12.6. The third-order valence-electron chi connectivity index (χ3n) is 5.38. The van der Waals surface area contributed by atoms with E-state index in [4.69, 9.17) is 10.2 Å². The molecule has 0 fully saturated rings. The Kier molecular flexibility index (Phi) is 5.37. The molecular weight excluding hydrogens is 380 g/mol. The summed E-state index contributed by atoms with van der Waals surface area (Å²) in [5.74, 6) is 1.21. The van der Waals surface area contributed by atoms with E-state index in [1.165, 1.54) is 6.08 Å². The van der Waals surface area contributed by atoms with Crippen LogP contribution in [0.1, 0.15) is 34.4 Å². The minimum absolute atomic E-state index is 0.0183. The molecule has 1 aliphatic heterocycles. The van der Waals surface area contributed by atoms with Gasteiger partial charge in [0.15, 0.2) is 0 Å². The Morgan fingerprint density at radius 1 is 1.33 bits per heavy atom. The van der Waals surface area contributed by atoms with Crippen LogP contribution >= 0.6 is 0 Å². The quantitative estimate of drug-likeness (QED) is 0.636. The lowest BCUT2D eigenvalue weighted by Crippen LogP contribution is -2.24. The second-order valence-electron chi connectivity index (χ2n) is 7.54. The van der Waals surface area contributed by atoms with E-state index in [0.29, 0.717) is 31.7 Å². The Balaban J connectivity index is 1.46. The van der Waals surface area contributed by atoms with Gasteiger partial charge in [0.25, 0.3) is 0 Å². The zero-order chi connectivity index (χ0) is 21.3. The highest BCUT2D eigenvalue weighted by Crippen LogP contribution is 2.27. The van der Waals surface area contributed by atoms with Crippen LogP contribution in [0.5, 0.6) is 0 Å². The fourth-order valence-electron chi connectivity index (χ4n) is 3.55. The maximum Gasteiger partial charge on any atom is 0.246 e. The second kappa shape index (κ2) is 8.12. The minimum Gasteiger partial charge on any atom is -0.459 e. The fourth-order valence-corrected chi connectivity index (χ4v) is 3.55. The predicted molar refractivity (Wildman–Crippen MR) is 116 cm³/mol. The van der Waals surface area contributed by atoms with Gasteiger partial charge < -0.3 is 20.4 Å². The molecule has 0 spiro atoms. The summed E-state index contributed by atoms with van der Waals surface area (Å²) in [6, 6.07) is 7.89. The van der Waals surface area contributed by atoms with Crippen molar-refractivity contribution in [2.24, 2.45) is 5.73 Å². The zero-order valence-electron chi connectivity index (χ0n) is 17.1. The summed E-state index contributed by atoms with van der Waals surface area (Å²) in [6.07, 6.45) is 6.01. The summed E-state index contributed by atoms with van der Waals surface area (Å²) in [5, 5.41) is 3.79. The molecule has 2 amide bonds. The van der Waals surface area contributed by atoms with E-state index in [1.807, 2.05) is 31.2 Å². The van der Waals surface area contributed by atoms with Crippen LogP contribution in [0, 0.1) is 6.92 Å². The third kappa shape index (κ3) is 3.97. The lowest BCUT2D eigenvalue weighted by molar-refractivity contribution is -0.125. The van der Waals surface area contributed by atoms with E-state index in [9.17, 15) is 9.59 Å². The molecule has 0 saturated heterocycles. The SMILES string of the molecule is Cc1c(CN(C)C(=O)/C=C/c2cnc3c(c2)CCC(=O)N3)oc2cc(CN)ccc12. The van der Waals surface area contributed by atoms with E-state index in [2.05, 4.69) is 10.3 Å². The van der Waals surface area contributed by atoms with E-state index < -0.39 is 0 Å². The van der Waals surface area contributed by atoms with E-state index in [0.717, 1.165) is 39.0 Å². The molecule has 3 N–H and O–H groups in total. The summed E-state index contributed by atoms with van der Waals surface area (Å²) in [5.41, 5.74) is 10.3. The van der Waals surface area contributed by atoms with Crippen LogP contribution in [0.15, 0.2) is 41.0 Å². The van der Waals surface area contributed by atoms with Crippen molar-refractivity contribution in [1.82, 2.24) is 9.88 Å². The summed E-state index contributed by atoms with van der Waals surface area (Å²) >= 11 is 0. The van der Waals surface area contributed by atoms with Crippen molar-refractivity contribution in [3.63, 3.8) is 0 Å². The van der Waals surface area contributed by atoms with E-state index >= 15 is 0 Å². The van der Waals surface area contributed by atoms with Gasteiger partial charge in [-0.05, 0) is 48.2 Å². The molecular formula is C23H24N4O3. The molecule has 3 heterocycles. The normalized spacial score (nSPS) is 13.5. The number of anilines is 1. The van der Waals surface area contributed by atoms with Crippen molar-refractivity contribution in [2.45, 2.75) is 32.9 Å². The number of aryl methyl sites for hydroxylation is 2. The Morgan fingerprint density at radius 2 is 2.17 bits per heavy atom. The average Bonchev–Trinajstić information content (AvgIpc) is 3.06. The molecule has 1 aliphatic rings. The monoisotopic (exact) mass is 404 g/mol. The number of fused-ring (bicyclic) bond motifs is 2. The van der Waals surface area contributed by atoms with Gasteiger partial charge in [-0.1, -0.05) is 12.1 Å². The Hall–Kier alpha value is -3.45. The molecule has 1 aromatic carbocycles. The molecule has 0 bridgehead atoms. The summed E-state index contributed by atoms with van der Waals surface area (Å²) < 4.78 is 5.98. The number of likely N-dealkylation sites (N-methyl/N-ethyl adjacent to an activating group) is 1. The molecule has 154 valence electrons. The molecule has 0 atom stereocenters. The number of carbonyl (C=O) groups is 2. The smallest absolute Gasteiger partial charge is 0.246 e. The van der Waals surface area contributed by atoms with Crippen LogP contribution in [-0.4, -0.2) is 28.7 Å². The number of aromatic nitrogens is 1. The van der Waals surface area contributed by atoms with Crippen molar-refractivity contribution in [2.75, 3.05) is 12.4 Å². The van der Waals surface area contributed by atoms with Crippen LogP contribution in [0.25, 0.3) is 17.0 Å².